The van der Waals surface area contributed by atoms with Crippen LogP contribution in [-0.4, -0.2) is 42.5 Å². The van der Waals surface area contributed by atoms with Crippen molar-refractivity contribution in [2.75, 3.05) is 13.4 Å². The van der Waals surface area contributed by atoms with Gasteiger partial charge in [-0.15, -0.1) is 10.2 Å². The fraction of sp³-hybridized carbons (Fsp3) is 0.400. The zero-order valence-corrected chi connectivity index (χ0v) is 13.7. The van der Waals surface area contributed by atoms with E-state index in [1.807, 2.05) is 4.57 Å². The number of nitrogens with zero attached hydrogens (tertiary/aromatic N) is 3. The quantitative estimate of drug-likeness (QED) is 0.780. The van der Waals surface area contributed by atoms with Gasteiger partial charge in [-0.25, -0.2) is 8.42 Å². The first-order chi connectivity index (χ1) is 10.9. The van der Waals surface area contributed by atoms with E-state index in [0.717, 1.165) is 11.4 Å². The van der Waals surface area contributed by atoms with E-state index in [4.69, 9.17) is 4.74 Å². The largest absolute Gasteiger partial charge is 0.469 e. The Hall–Kier alpha value is -2.22. The summed E-state index contributed by atoms with van der Waals surface area (Å²) in [7, 11) is -1.83. The third-order valence-corrected chi connectivity index (χ3v) is 5.16. The molecule has 1 atom stereocenters. The summed E-state index contributed by atoms with van der Waals surface area (Å²) < 4.78 is 29.8. The van der Waals surface area contributed by atoms with Crippen LogP contribution in [-0.2, 0) is 32.3 Å². The summed E-state index contributed by atoms with van der Waals surface area (Å²) in [4.78, 5) is 11.9. The Morgan fingerprint density at radius 2 is 1.96 bits per heavy atom. The van der Waals surface area contributed by atoms with Crippen molar-refractivity contribution in [1.82, 2.24) is 14.8 Å². The highest BCUT2D eigenvalue weighted by molar-refractivity contribution is 7.90. The van der Waals surface area contributed by atoms with Crippen LogP contribution in [0.1, 0.15) is 12.2 Å². The van der Waals surface area contributed by atoms with E-state index in [-0.39, 0.29) is 16.8 Å². The van der Waals surface area contributed by atoms with Crippen LogP contribution in [0.5, 0.6) is 0 Å². The summed E-state index contributed by atoms with van der Waals surface area (Å²) in [5.74, 6) is 1.02. The Morgan fingerprint density at radius 3 is 2.57 bits per heavy atom. The zero-order valence-electron chi connectivity index (χ0n) is 12.9. The van der Waals surface area contributed by atoms with Gasteiger partial charge in [0.1, 0.15) is 5.82 Å². The van der Waals surface area contributed by atoms with Gasteiger partial charge in [0.15, 0.2) is 15.7 Å². The van der Waals surface area contributed by atoms with Crippen molar-refractivity contribution in [2.24, 2.45) is 5.92 Å². The predicted octanol–water partition coefficient (Wildman–Crippen LogP) is 1.08. The number of hydrogen-bond donors (Lipinski definition) is 0. The van der Waals surface area contributed by atoms with Gasteiger partial charge in [-0.2, -0.15) is 0 Å². The molecular weight excluding hydrogens is 318 g/mol. The summed E-state index contributed by atoms with van der Waals surface area (Å²) in [6.07, 6.45) is 2.35. The minimum Gasteiger partial charge on any atom is -0.469 e. The Labute approximate surface area is 134 Å². The molecular formula is C15H17N3O4S. The maximum atomic E-state index is 11.6. The number of esters is 1. The average Bonchev–Trinajstić information content (AvgIpc) is 2.96. The van der Waals surface area contributed by atoms with Gasteiger partial charge in [-0.3, -0.25) is 4.79 Å². The molecule has 1 aromatic carbocycles. The third kappa shape index (κ3) is 2.98. The molecule has 0 saturated heterocycles. The Morgan fingerprint density at radius 1 is 1.26 bits per heavy atom. The molecule has 23 heavy (non-hydrogen) atoms. The molecule has 1 aliphatic heterocycles. The molecule has 0 N–H and O–H groups in total. The summed E-state index contributed by atoms with van der Waals surface area (Å²) in [5, 5.41) is 8.35. The van der Waals surface area contributed by atoms with Gasteiger partial charge in [-0.1, -0.05) is 0 Å². The van der Waals surface area contributed by atoms with Crippen LogP contribution < -0.4 is 0 Å². The number of rotatable bonds is 3. The summed E-state index contributed by atoms with van der Waals surface area (Å²) in [6, 6.07) is 6.57. The Bertz CT molecular complexity index is 840. The van der Waals surface area contributed by atoms with Gasteiger partial charge in [0, 0.05) is 24.8 Å². The van der Waals surface area contributed by atoms with E-state index >= 15 is 0 Å². The lowest BCUT2D eigenvalue weighted by atomic mass is 9.98. The first kappa shape index (κ1) is 15.7. The highest BCUT2D eigenvalue weighted by atomic mass is 32.2. The molecule has 7 nitrogen and oxygen atoms in total. The summed E-state index contributed by atoms with van der Waals surface area (Å²) in [6.45, 7) is 0.630. The number of benzene rings is 1. The lowest BCUT2D eigenvalue weighted by Crippen LogP contribution is -2.27. The van der Waals surface area contributed by atoms with Crippen molar-refractivity contribution in [3.63, 3.8) is 0 Å². The molecule has 1 unspecified atom stereocenters. The van der Waals surface area contributed by atoms with Gasteiger partial charge in [0.2, 0.25) is 0 Å². The molecule has 0 saturated carbocycles. The van der Waals surface area contributed by atoms with E-state index in [2.05, 4.69) is 10.2 Å². The van der Waals surface area contributed by atoms with E-state index in [1.54, 1.807) is 24.3 Å². The van der Waals surface area contributed by atoms with Crippen LogP contribution in [0, 0.1) is 5.92 Å². The van der Waals surface area contributed by atoms with Gasteiger partial charge >= 0.3 is 5.97 Å². The van der Waals surface area contributed by atoms with Crippen LogP contribution in [0.2, 0.25) is 0 Å². The van der Waals surface area contributed by atoms with Crippen molar-refractivity contribution in [3.8, 4) is 11.4 Å². The molecule has 0 bridgehead atoms. The van der Waals surface area contributed by atoms with E-state index in [0.29, 0.717) is 25.2 Å². The van der Waals surface area contributed by atoms with Crippen LogP contribution in [0.3, 0.4) is 0 Å². The molecule has 0 amide bonds. The maximum Gasteiger partial charge on any atom is 0.309 e. The number of aromatic nitrogens is 3. The number of carbonyl (C=O) groups is 1. The molecule has 0 spiro atoms. The van der Waals surface area contributed by atoms with E-state index in [1.165, 1.54) is 13.4 Å². The molecule has 0 fully saturated rings. The minimum atomic E-state index is -3.22. The van der Waals surface area contributed by atoms with Gasteiger partial charge in [0.05, 0.1) is 17.9 Å². The maximum absolute atomic E-state index is 11.6. The van der Waals surface area contributed by atoms with Gasteiger partial charge in [-0.05, 0) is 30.7 Å². The monoisotopic (exact) mass is 335 g/mol. The van der Waals surface area contributed by atoms with Crippen LogP contribution in [0.4, 0.5) is 0 Å². The number of fused-ring (bicyclic) bond motifs is 1. The normalized spacial score (nSPS) is 17.6. The average molecular weight is 335 g/mol. The molecule has 122 valence electrons. The van der Waals surface area contributed by atoms with Crippen molar-refractivity contribution < 1.29 is 17.9 Å². The second-order valence-corrected chi connectivity index (χ2v) is 7.62. The number of methoxy groups -OCH3 is 1. The highest BCUT2D eigenvalue weighted by Gasteiger charge is 2.28. The van der Waals surface area contributed by atoms with Crippen molar-refractivity contribution >= 4 is 15.8 Å². The molecule has 0 radical (unpaired) electrons. The lowest BCUT2D eigenvalue weighted by molar-refractivity contribution is -0.146. The number of sulfone groups is 1. The standard InChI is InChI=1S/C15H17N3O4S/c1-22-15(19)11-7-8-18-13(9-11)16-17-14(18)10-3-5-12(6-4-10)23(2,20)21/h3-6,11H,7-9H2,1-2H3. The molecule has 2 heterocycles. The number of carbonyl (C=O) groups excluding carboxylic acids is 1. The molecule has 1 aliphatic rings. The van der Waals surface area contributed by atoms with Crippen LogP contribution in [0.15, 0.2) is 29.2 Å². The van der Waals surface area contributed by atoms with E-state index < -0.39 is 9.84 Å². The molecule has 0 aliphatic carbocycles. The fourth-order valence-corrected chi connectivity index (χ4v) is 3.39. The van der Waals surface area contributed by atoms with E-state index in [9.17, 15) is 13.2 Å². The predicted molar refractivity (Wildman–Crippen MR) is 82.4 cm³/mol. The smallest absolute Gasteiger partial charge is 0.309 e. The lowest BCUT2D eigenvalue weighted by Gasteiger charge is -2.21. The molecule has 8 heteroatoms. The second-order valence-electron chi connectivity index (χ2n) is 5.60. The van der Waals surface area contributed by atoms with Gasteiger partial charge < -0.3 is 9.30 Å². The SMILES string of the molecule is COC(=O)C1CCn2c(nnc2-c2ccc(S(C)(=O)=O)cc2)C1. The number of ether oxygens (including phenoxy) is 1. The first-order valence-corrected chi connectivity index (χ1v) is 9.09. The van der Waals surface area contributed by atoms with Crippen molar-refractivity contribution in [2.45, 2.75) is 24.3 Å². The fourth-order valence-electron chi connectivity index (χ4n) is 2.76. The van der Waals surface area contributed by atoms with Crippen molar-refractivity contribution in [3.05, 3.63) is 30.1 Å². The zero-order chi connectivity index (χ0) is 16.6. The Balaban J connectivity index is 1.89. The Kier molecular flexibility index (Phi) is 3.93. The van der Waals surface area contributed by atoms with Crippen LogP contribution >= 0.6 is 0 Å². The topological polar surface area (TPSA) is 91.2 Å². The number of hydrogen-bond acceptors (Lipinski definition) is 6. The molecule has 1 aromatic heterocycles. The molecule has 2 aromatic rings. The summed E-state index contributed by atoms with van der Waals surface area (Å²) in [5.41, 5.74) is 0.799. The highest BCUT2D eigenvalue weighted by Crippen LogP contribution is 2.27. The summed E-state index contributed by atoms with van der Waals surface area (Å²) >= 11 is 0. The minimum absolute atomic E-state index is 0.183. The second kappa shape index (κ2) is 5.77. The van der Waals surface area contributed by atoms with Crippen molar-refractivity contribution in [1.29, 1.82) is 0 Å². The molecule has 3 rings (SSSR count). The first-order valence-electron chi connectivity index (χ1n) is 7.20. The third-order valence-electron chi connectivity index (χ3n) is 4.03. The van der Waals surface area contributed by atoms with Gasteiger partial charge in [0.25, 0.3) is 0 Å². The van der Waals surface area contributed by atoms with Crippen LogP contribution in [0.25, 0.3) is 11.4 Å².